The van der Waals surface area contributed by atoms with E-state index in [4.69, 9.17) is 11.6 Å². The molecule has 1 fully saturated rings. The first-order chi connectivity index (χ1) is 14.5. The summed E-state index contributed by atoms with van der Waals surface area (Å²) in [4.78, 5) is 27.5. The van der Waals surface area contributed by atoms with Crippen LogP contribution in [0.15, 0.2) is 41.5 Å². The quantitative estimate of drug-likeness (QED) is 0.462. The molecule has 2 aromatic rings. The number of carbonyl (C=O) groups is 1. The number of aliphatic imine (C=N–C) groups is 1. The van der Waals surface area contributed by atoms with Gasteiger partial charge in [0, 0.05) is 44.0 Å². The number of amides is 1. The molecule has 1 unspecified atom stereocenters. The molecule has 0 aromatic carbocycles. The first-order valence-electron chi connectivity index (χ1n) is 10.2. The molecule has 0 spiro atoms. The highest BCUT2D eigenvalue weighted by Gasteiger charge is 2.25. The van der Waals surface area contributed by atoms with Gasteiger partial charge in [0.25, 0.3) is 0 Å². The van der Waals surface area contributed by atoms with E-state index < -0.39 is 0 Å². The van der Waals surface area contributed by atoms with Crippen molar-refractivity contribution in [3.8, 4) is 0 Å². The number of hydrogen-bond acceptors (Lipinski definition) is 5. The van der Waals surface area contributed by atoms with Crippen molar-refractivity contribution in [1.82, 2.24) is 20.6 Å². The summed E-state index contributed by atoms with van der Waals surface area (Å²) < 4.78 is 0. The number of carbonyl (C=O) groups excluding carboxylic acids is 1. The number of aryl methyl sites for hydroxylation is 1. The van der Waals surface area contributed by atoms with Crippen LogP contribution in [0.3, 0.4) is 0 Å². The molecule has 160 valence electrons. The number of pyridine rings is 2. The number of hydrogen-bond donors (Lipinski definition) is 3. The van der Waals surface area contributed by atoms with E-state index in [1.165, 1.54) is 0 Å². The van der Waals surface area contributed by atoms with E-state index in [0.717, 1.165) is 37.6 Å². The van der Waals surface area contributed by atoms with E-state index in [1.54, 1.807) is 12.3 Å². The Labute approximate surface area is 182 Å². The van der Waals surface area contributed by atoms with Gasteiger partial charge in [-0.15, -0.1) is 0 Å². The topological polar surface area (TPSA) is 94.5 Å². The number of halogens is 1. The molecular weight excluding hydrogens is 402 g/mol. The van der Waals surface area contributed by atoms with Gasteiger partial charge in [-0.1, -0.05) is 17.7 Å². The molecule has 0 saturated carbocycles. The summed E-state index contributed by atoms with van der Waals surface area (Å²) in [7, 11) is 0. The largest absolute Gasteiger partial charge is 0.357 e. The van der Waals surface area contributed by atoms with Crippen LogP contribution >= 0.6 is 11.6 Å². The minimum Gasteiger partial charge on any atom is -0.357 e. The third-order valence-corrected chi connectivity index (χ3v) is 4.97. The predicted molar refractivity (Wildman–Crippen MR) is 121 cm³/mol. The van der Waals surface area contributed by atoms with Gasteiger partial charge in [0.05, 0.1) is 11.6 Å². The van der Waals surface area contributed by atoms with Crippen molar-refractivity contribution in [1.29, 1.82) is 0 Å². The Bertz CT molecular complexity index is 889. The summed E-state index contributed by atoms with van der Waals surface area (Å²) in [6, 6.07) is 9.45. The molecule has 1 saturated heterocycles. The smallest absolute Gasteiger partial charge is 0.227 e. The average molecular weight is 430 g/mol. The van der Waals surface area contributed by atoms with Gasteiger partial charge in [-0.2, -0.15) is 0 Å². The van der Waals surface area contributed by atoms with Crippen LogP contribution < -0.4 is 20.9 Å². The average Bonchev–Trinajstić information content (AvgIpc) is 3.16. The molecule has 3 rings (SSSR count). The van der Waals surface area contributed by atoms with Crippen molar-refractivity contribution in [2.45, 2.75) is 32.7 Å². The highest BCUT2D eigenvalue weighted by atomic mass is 35.5. The lowest BCUT2D eigenvalue weighted by Crippen LogP contribution is -2.44. The molecule has 0 aliphatic carbocycles. The van der Waals surface area contributed by atoms with Crippen molar-refractivity contribution in [2.75, 3.05) is 36.4 Å². The van der Waals surface area contributed by atoms with Gasteiger partial charge in [0.2, 0.25) is 5.91 Å². The summed E-state index contributed by atoms with van der Waals surface area (Å²) in [5.74, 6) is 1.97. The third kappa shape index (κ3) is 6.32. The maximum atomic E-state index is 12.2. The Hall–Kier alpha value is -2.87. The Morgan fingerprint density at radius 3 is 2.97 bits per heavy atom. The van der Waals surface area contributed by atoms with Crippen molar-refractivity contribution in [2.24, 2.45) is 4.99 Å². The first-order valence-corrected chi connectivity index (χ1v) is 10.6. The molecule has 1 atom stereocenters. The zero-order valence-electron chi connectivity index (χ0n) is 17.4. The van der Waals surface area contributed by atoms with E-state index in [2.05, 4.69) is 35.8 Å². The maximum Gasteiger partial charge on any atom is 0.227 e. The van der Waals surface area contributed by atoms with Crippen LogP contribution in [0.1, 0.15) is 25.5 Å². The van der Waals surface area contributed by atoms with Gasteiger partial charge >= 0.3 is 0 Å². The minimum absolute atomic E-state index is 0.107. The summed E-state index contributed by atoms with van der Waals surface area (Å²) in [6.07, 6.45) is 2.99. The van der Waals surface area contributed by atoms with Crippen LogP contribution in [0, 0.1) is 6.92 Å². The minimum atomic E-state index is -0.107. The fraction of sp³-hybridized carbons (Fsp3) is 0.429. The molecule has 2 aromatic heterocycles. The zero-order chi connectivity index (χ0) is 21.3. The zero-order valence-corrected chi connectivity index (χ0v) is 18.1. The van der Waals surface area contributed by atoms with Crippen LogP contribution in [0.25, 0.3) is 0 Å². The van der Waals surface area contributed by atoms with Crippen LogP contribution in [0.4, 0.5) is 11.6 Å². The van der Waals surface area contributed by atoms with Gasteiger partial charge < -0.3 is 20.9 Å². The number of nitrogens with one attached hydrogen (secondary N) is 3. The van der Waals surface area contributed by atoms with Crippen LogP contribution in [-0.4, -0.2) is 54.1 Å². The molecular formula is C21H28ClN7O. The molecule has 0 bridgehead atoms. The molecule has 30 heavy (non-hydrogen) atoms. The monoisotopic (exact) mass is 429 g/mol. The molecule has 3 heterocycles. The second-order valence-corrected chi connectivity index (χ2v) is 7.52. The number of nitrogens with zero attached hydrogens (tertiary/aromatic N) is 4. The second-order valence-electron chi connectivity index (χ2n) is 7.11. The normalized spacial score (nSPS) is 16.4. The standard InChI is InChI=1S/C21H28ClN7O/c1-3-23-21(25-12-9-19(30)28-18-8-4-6-15(2)26-18)27-16-10-13-29(14-16)20-17(22)7-5-11-24-20/h4-8,11,16H,3,9-10,12-14H2,1-2H3,(H2,23,25,27)(H,26,28,30). The van der Waals surface area contributed by atoms with Crippen LogP contribution in [-0.2, 0) is 4.79 Å². The molecule has 1 aliphatic heterocycles. The highest BCUT2D eigenvalue weighted by Crippen LogP contribution is 2.25. The molecule has 8 nitrogen and oxygen atoms in total. The van der Waals surface area contributed by atoms with E-state index in [1.807, 2.05) is 38.1 Å². The maximum absolute atomic E-state index is 12.2. The van der Waals surface area contributed by atoms with Crippen molar-refractivity contribution in [3.05, 3.63) is 47.2 Å². The molecule has 1 amide bonds. The first kappa shape index (κ1) is 21.8. The fourth-order valence-electron chi connectivity index (χ4n) is 3.28. The van der Waals surface area contributed by atoms with E-state index >= 15 is 0 Å². The molecule has 9 heteroatoms. The van der Waals surface area contributed by atoms with E-state index in [9.17, 15) is 4.79 Å². The van der Waals surface area contributed by atoms with Crippen LogP contribution in [0.2, 0.25) is 5.02 Å². The second kappa shape index (κ2) is 10.8. The Kier molecular flexibility index (Phi) is 7.84. The van der Waals surface area contributed by atoms with Crippen molar-refractivity contribution < 1.29 is 4.79 Å². The van der Waals surface area contributed by atoms with Crippen LogP contribution in [0.5, 0.6) is 0 Å². The number of rotatable bonds is 7. The lowest BCUT2D eigenvalue weighted by atomic mass is 10.3. The van der Waals surface area contributed by atoms with Gasteiger partial charge in [-0.05, 0) is 44.5 Å². The predicted octanol–water partition coefficient (Wildman–Crippen LogP) is 2.60. The van der Waals surface area contributed by atoms with Gasteiger partial charge in [0.1, 0.15) is 11.6 Å². The SMILES string of the molecule is CCNC(=NCCC(=O)Nc1cccc(C)n1)NC1CCN(c2ncccc2Cl)C1. The third-order valence-electron chi connectivity index (χ3n) is 4.68. The van der Waals surface area contributed by atoms with E-state index in [-0.39, 0.29) is 18.4 Å². The van der Waals surface area contributed by atoms with Crippen molar-refractivity contribution in [3.63, 3.8) is 0 Å². The van der Waals surface area contributed by atoms with Gasteiger partial charge in [-0.3, -0.25) is 9.79 Å². The summed E-state index contributed by atoms with van der Waals surface area (Å²) in [5, 5.41) is 10.2. The lowest BCUT2D eigenvalue weighted by molar-refractivity contribution is -0.116. The molecule has 1 aliphatic rings. The summed E-state index contributed by atoms with van der Waals surface area (Å²) in [5.41, 5.74) is 0.863. The Morgan fingerprint density at radius 1 is 1.33 bits per heavy atom. The van der Waals surface area contributed by atoms with E-state index in [0.29, 0.717) is 23.3 Å². The Morgan fingerprint density at radius 2 is 2.20 bits per heavy atom. The number of aromatic nitrogens is 2. The number of anilines is 2. The van der Waals surface area contributed by atoms with Crippen molar-refractivity contribution >= 4 is 35.1 Å². The van der Waals surface area contributed by atoms with Gasteiger partial charge in [0.15, 0.2) is 5.96 Å². The highest BCUT2D eigenvalue weighted by molar-refractivity contribution is 6.32. The molecule has 0 radical (unpaired) electrons. The lowest BCUT2D eigenvalue weighted by Gasteiger charge is -2.20. The Balaban J connectivity index is 1.50. The summed E-state index contributed by atoms with van der Waals surface area (Å²) >= 11 is 6.27. The number of guanidine groups is 1. The fourth-order valence-corrected chi connectivity index (χ4v) is 3.52. The van der Waals surface area contributed by atoms with Gasteiger partial charge in [-0.25, -0.2) is 9.97 Å². The summed E-state index contributed by atoms with van der Waals surface area (Å²) in [6.45, 7) is 6.70. The molecule has 3 N–H and O–H groups in total.